The summed E-state index contributed by atoms with van der Waals surface area (Å²) in [4.78, 5) is 11.2. The van der Waals surface area contributed by atoms with Gasteiger partial charge in [-0.2, -0.15) is 0 Å². The number of nitrogens with two attached hydrogens (primary N) is 1. The van der Waals surface area contributed by atoms with Crippen LogP contribution in [0.5, 0.6) is 0 Å². The van der Waals surface area contributed by atoms with Gasteiger partial charge in [0.05, 0.1) is 5.56 Å². The van der Waals surface area contributed by atoms with Crippen molar-refractivity contribution in [2.75, 3.05) is 11.1 Å². The number of rotatable bonds is 4. The van der Waals surface area contributed by atoms with E-state index in [0.717, 1.165) is 17.7 Å². The number of nitrogens with one attached hydrogen (secondary N) is 1. The largest absolute Gasteiger partial charge is 0.478 e. The van der Waals surface area contributed by atoms with E-state index in [0.29, 0.717) is 5.69 Å². The van der Waals surface area contributed by atoms with Crippen LogP contribution >= 0.6 is 0 Å². The molecule has 0 aliphatic rings. The van der Waals surface area contributed by atoms with E-state index in [2.05, 4.69) is 39.9 Å². The van der Waals surface area contributed by atoms with Gasteiger partial charge in [0.1, 0.15) is 0 Å². The van der Waals surface area contributed by atoms with Gasteiger partial charge in [0, 0.05) is 16.9 Å². The molecule has 0 amide bonds. The highest BCUT2D eigenvalue weighted by atomic mass is 16.4. The number of aromatic carboxylic acids is 1. The van der Waals surface area contributed by atoms with Gasteiger partial charge < -0.3 is 16.2 Å². The molecule has 0 atom stereocenters. The minimum absolute atomic E-state index is 0.128. The van der Waals surface area contributed by atoms with E-state index in [1.54, 1.807) is 6.07 Å². The first kappa shape index (κ1) is 16.3. The molecule has 0 heterocycles. The van der Waals surface area contributed by atoms with Gasteiger partial charge in [0.25, 0.3) is 0 Å². The molecule has 0 bridgehead atoms. The number of benzene rings is 1. The van der Waals surface area contributed by atoms with Gasteiger partial charge in [-0.1, -0.05) is 20.8 Å². The Kier molecular flexibility index (Phi) is 4.37. The van der Waals surface area contributed by atoms with E-state index in [1.807, 2.05) is 13.0 Å². The third-order valence-electron chi connectivity index (χ3n) is 3.07. The first-order chi connectivity index (χ1) is 8.91. The second-order valence-electron chi connectivity index (χ2n) is 7.31. The van der Waals surface area contributed by atoms with Gasteiger partial charge in [-0.05, 0) is 50.3 Å². The molecule has 0 aromatic heterocycles. The molecule has 0 radical (unpaired) electrons. The first-order valence-electron chi connectivity index (χ1n) is 6.83. The molecule has 0 saturated carbocycles. The van der Waals surface area contributed by atoms with Gasteiger partial charge in [0.2, 0.25) is 0 Å². The maximum Gasteiger partial charge on any atom is 0.337 e. The summed E-state index contributed by atoms with van der Waals surface area (Å²) in [5.41, 5.74) is 7.92. The number of hydrogen-bond donors (Lipinski definition) is 3. The third kappa shape index (κ3) is 4.44. The summed E-state index contributed by atoms with van der Waals surface area (Å²) in [5, 5.41) is 12.6. The van der Waals surface area contributed by atoms with E-state index in [-0.39, 0.29) is 16.5 Å². The number of aryl methyl sites for hydroxylation is 1. The summed E-state index contributed by atoms with van der Waals surface area (Å²) in [6.07, 6.45) is 0.964. The molecule has 4 heteroatoms. The van der Waals surface area contributed by atoms with Crippen molar-refractivity contribution in [3.05, 3.63) is 23.3 Å². The average Bonchev–Trinajstić information content (AvgIpc) is 2.18. The fourth-order valence-corrected chi connectivity index (χ4v) is 2.81. The van der Waals surface area contributed by atoms with Crippen molar-refractivity contribution in [2.45, 2.75) is 53.5 Å². The highest BCUT2D eigenvalue weighted by molar-refractivity contribution is 5.95. The minimum Gasteiger partial charge on any atom is -0.478 e. The monoisotopic (exact) mass is 278 g/mol. The topological polar surface area (TPSA) is 75.3 Å². The van der Waals surface area contributed by atoms with Crippen LogP contribution < -0.4 is 11.1 Å². The minimum atomic E-state index is -0.997. The zero-order valence-electron chi connectivity index (χ0n) is 13.3. The second-order valence-corrected chi connectivity index (χ2v) is 7.31. The average molecular weight is 278 g/mol. The molecule has 4 N–H and O–H groups in total. The van der Waals surface area contributed by atoms with Crippen LogP contribution in [-0.2, 0) is 0 Å². The lowest BCUT2D eigenvalue weighted by Gasteiger charge is -2.34. The molecule has 1 aromatic carbocycles. The third-order valence-corrected chi connectivity index (χ3v) is 3.07. The number of carboxylic acids is 1. The Balaban J connectivity index is 3.07. The molecule has 20 heavy (non-hydrogen) atoms. The quantitative estimate of drug-likeness (QED) is 0.730. The van der Waals surface area contributed by atoms with Crippen LogP contribution in [0.2, 0.25) is 0 Å². The summed E-state index contributed by atoms with van der Waals surface area (Å²) in [6, 6.07) is 3.50. The zero-order chi connectivity index (χ0) is 15.7. The Labute approximate surface area is 121 Å². The van der Waals surface area contributed by atoms with Crippen molar-refractivity contribution >= 4 is 17.3 Å². The molecule has 1 rings (SSSR count). The van der Waals surface area contributed by atoms with Crippen LogP contribution in [0.4, 0.5) is 11.4 Å². The second kappa shape index (κ2) is 5.35. The summed E-state index contributed by atoms with van der Waals surface area (Å²) < 4.78 is 0. The van der Waals surface area contributed by atoms with Gasteiger partial charge in [-0.3, -0.25) is 0 Å². The molecule has 0 spiro atoms. The summed E-state index contributed by atoms with van der Waals surface area (Å²) in [7, 11) is 0. The molecule has 0 saturated heterocycles. The first-order valence-corrected chi connectivity index (χ1v) is 6.83. The van der Waals surface area contributed by atoms with Crippen molar-refractivity contribution in [1.29, 1.82) is 0 Å². The van der Waals surface area contributed by atoms with Crippen LogP contribution in [0.25, 0.3) is 0 Å². The zero-order valence-corrected chi connectivity index (χ0v) is 13.3. The molecular weight excluding hydrogens is 252 g/mol. The van der Waals surface area contributed by atoms with E-state index in [1.165, 1.54) is 0 Å². The number of carbonyl (C=O) groups is 1. The van der Waals surface area contributed by atoms with Crippen LogP contribution in [0.1, 0.15) is 57.0 Å². The van der Waals surface area contributed by atoms with Crippen LogP contribution in [-0.4, -0.2) is 16.6 Å². The highest BCUT2D eigenvalue weighted by Gasteiger charge is 2.25. The number of hydrogen-bond acceptors (Lipinski definition) is 3. The van der Waals surface area contributed by atoms with Crippen molar-refractivity contribution in [3.63, 3.8) is 0 Å². The van der Waals surface area contributed by atoms with Gasteiger partial charge in [0.15, 0.2) is 0 Å². The van der Waals surface area contributed by atoms with Gasteiger partial charge in [-0.25, -0.2) is 4.79 Å². The maximum absolute atomic E-state index is 11.2. The highest BCUT2D eigenvalue weighted by Crippen LogP contribution is 2.31. The van der Waals surface area contributed by atoms with Crippen LogP contribution in [0, 0.1) is 12.3 Å². The molecule has 1 aromatic rings. The molecule has 112 valence electrons. The number of nitrogen functional groups attached to an aromatic ring is 1. The Morgan fingerprint density at radius 2 is 1.80 bits per heavy atom. The lowest BCUT2D eigenvalue weighted by Crippen LogP contribution is -2.35. The maximum atomic E-state index is 11.2. The molecule has 0 unspecified atom stereocenters. The van der Waals surface area contributed by atoms with Crippen molar-refractivity contribution in [3.8, 4) is 0 Å². The Hall–Kier alpha value is -1.71. The predicted octanol–water partition coefficient (Wildman–Crippen LogP) is 3.90. The summed E-state index contributed by atoms with van der Waals surface area (Å²) >= 11 is 0. The lowest BCUT2D eigenvalue weighted by atomic mass is 9.81. The number of carboxylic acid groups (broad SMARTS) is 1. The van der Waals surface area contributed by atoms with E-state index in [9.17, 15) is 9.90 Å². The summed E-state index contributed by atoms with van der Waals surface area (Å²) in [6.45, 7) is 12.6. The predicted molar refractivity (Wildman–Crippen MR) is 84.3 cm³/mol. The van der Waals surface area contributed by atoms with E-state index < -0.39 is 5.97 Å². The SMILES string of the molecule is Cc1cc(NC(C)(C)CC(C)(C)C)cc(C(=O)O)c1N. The van der Waals surface area contributed by atoms with Gasteiger partial charge in [-0.15, -0.1) is 0 Å². The Bertz CT molecular complexity index is 514. The van der Waals surface area contributed by atoms with E-state index >= 15 is 0 Å². The van der Waals surface area contributed by atoms with E-state index in [4.69, 9.17) is 5.73 Å². The normalized spacial score (nSPS) is 12.3. The molecule has 0 fully saturated rings. The number of anilines is 2. The smallest absolute Gasteiger partial charge is 0.337 e. The summed E-state index contributed by atoms with van der Waals surface area (Å²) in [5.74, 6) is -0.997. The van der Waals surface area contributed by atoms with Crippen LogP contribution in [0.15, 0.2) is 12.1 Å². The Morgan fingerprint density at radius 1 is 1.25 bits per heavy atom. The lowest BCUT2D eigenvalue weighted by molar-refractivity contribution is 0.0698. The molecular formula is C16H26N2O2. The molecule has 4 nitrogen and oxygen atoms in total. The fraction of sp³-hybridized carbons (Fsp3) is 0.562. The van der Waals surface area contributed by atoms with Crippen molar-refractivity contribution in [1.82, 2.24) is 0 Å². The molecule has 0 aliphatic carbocycles. The fourth-order valence-electron chi connectivity index (χ4n) is 2.81. The molecule has 0 aliphatic heterocycles. The Morgan fingerprint density at radius 3 is 2.25 bits per heavy atom. The van der Waals surface area contributed by atoms with Crippen molar-refractivity contribution < 1.29 is 9.90 Å². The standard InChI is InChI=1S/C16H26N2O2/c1-10-7-11(8-12(13(10)17)14(19)20)18-16(5,6)9-15(2,3)4/h7-8,18H,9,17H2,1-6H3,(H,19,20). The van der Waals surface area contributed by atoms with Crippen molar-refractivity contribution in [2.24, 2.45) is 5.41 Å². The van der Waals surface area contributed by atoms with Gasteiger partial charge >= 0.3 is 5.97 Å². The van der Waals surface area contributed by atoms with Crippen LogP contribution in [0.3, 0.4) is 0 Å².